The maximum absolute atomic E-state index is 10.3. The molecule has 1 saturated heterocycles. The Morgan fingerprint density at radius 3 is 3.00 bits per heavy atom. The summed E-state index contributed by atoms with van der Waals surface area (Å²) in [6.45, 7) is 3.29. The Balaban J connectivity index is 2.10. The van der Waals surface area contributed by atoms with E-state index in [1.165, 1.54) is 12.8 Å². The highest BCUT2D eigenvalue weighted by molar-refractivity contribution is 5.66. The summed E-state index contributed by atoms with van der Waals surface area (Å²) in [5.41, 5.74) is 0. The third-order valence-corrected chi connectivity index (χ3v) is 2.74. The van der Waals surface area contributed by atoms with Gasteiger partial charge in [-0.05, 0) is 45.1 Å². The Labute approximate surface area is 79.5 Å². The van der Waals surface area contributed by atoms with Crippen LogP contribution in [0.15, 0.2) is 0 Å². The van der Waals surface area contributed by atoms with Crippen LogP contribution in [-0.2, 0) is 4.79 Å². The second-order valence-corrected chi connectivity index (χ2v) is 4.03. The fraction of sp³-hybridized carbons (Fsp3) is 0.900. The van der Waals surface area contributed by atoms with Crippen LogP contribution in [0.25, 0.3) is 0 Å². The monoisotopic (exact) mass is 185 g/mol. The van der Waals surface area contributed by atoms with Crippen molar-refractivity contribution in [1.82, 2.24) is 5.32 Å². The van der Waals surface area contributed by atoms with Crippen molar-refractivity contribution in [2.75, 3.05) is 6.54 Å². The molecule has 0 aliphatic carbocycles. The van der Waals surface area contributed by atoms with Gasteiger partial charge in [0.1, 0.15) is 0 Å². The Kier molecular flexibility index (Phi) is 4.22. The Morgan fingerprint density at radius 2 is 2.38 bits per heavy atom. The van der Waals surface area contributed by atoms with Crippen LogP contribution in [0, 0.1) is 5.92 Å². The summed E-state index contributed by atoms with van der Waals surface area (Å²) in [4.78, 5) is 10.3. The summed E-state index contributed by atoms with van der Waals surface area (Å²) >= 11 is 0. The van der Waals surface area contributed by atoms with Crippen LogP contribution < -0.4 is 5.32 Å². The van der Waals surface area contributed by atoms with Crippen molar-refractivity contribution in [3.05, 3.63) is 0 Å². The molecule has 1 aliphatic rings. The summed E-state index contributed by atoms with van der Waals surface area (Å²) in [5.74, 6) is 0.0811. The zero-order chi connectivity index (χ0) is 9.68. The van der Waals surface area contributed by atoms with E-state index < -0.39 is 5.97 Å². The molecule has 0 aromatic heterocycles. The molecule has 1 rings (SSSR count). The Bertz CT molecular complexity index is 170. The van der Waals surface area contributed by atoms with Gasteiger partial charge in [0.15, 0.2) is 0 Å². The molecule has 1 heterocycles. The van der Waals surface area contributed by atoms with Gasteiger partial charge in [0.05, 0.1) is 0 Å². The van der Waals surface area contributed by atoms with Crippen LogP contribution >= 0.6 is 0 Å². The highest BCUT2D eigenvalue weighted by Crippen LogP contribution is 2.21. The molecule has 76 valence electrons. The maximum atomic E-state index is 10.3. The summed E-state index contributed by atoms with van der Waals surface area (Å²) < 4.78 is 0. The summed E-state index contributed by atoms with van der Waals surface area (Å²) in [5, 5.41) is 11.9. The lowest BCUT2D eigenvalue weighted by Crippen LogP contribution is -2.35. The fourth-order valence-corrected chi connectivity index (χ4v) is 2.04. The molecule has 0 amide bonds. The number of piperidine rings is 1. The second-order valence-electron chi connectivity index (χ2n) is 4.03. The number of hydrogen-bond donors (Lipinski definition) is 2. The smallest absolute Gasteiger partial charge is 0.303 e. The third-order valence-electron chi connectivity index (χ3n) is 2.74. The lowest BCUT2D eigenvalue weighted by atomic mass is 9.89. The highest BCUT2D eigenvalue weighted by atomic mass is 16.4. The van der Waals surface area contributed by atoms with E-state index in [4.69, 9.17) is 5.11 Å². The molecule has 0 aromatic rings. The first-order chi connectivity index (χ1) is 6.18. The topological polar surface area (TPSA) is 49.3 Å². The van der Waals surface area contributed by atoms with Gasteiger partial charge in [-0.1, -0.05) is 0 Å². The van der Waals surface area contributed by atoms with Gasteiger partial charge in [-0.2, -0.15) is 0 Å². The number of carbonyl (C=O) groups is 1. The SMILES string of the molecule is CC1CC(CCCC(=O)O)CCN1. The highest BCUT2D eigenvalue weighted by Gasteiger charge is 2.17. The molecule has 3 nitrogen and oxygen atoms in total. The van der Waals surface area contributed by atoms with Crippen molar-refractivity contribution < 1.29 is 9.90 Å². The first kappa shape index (κ1) is 10.5. The average molecular weight is 185 g/mol. The minimum atomic E-state index is -0.665. The fourth-order valence-electron chi connectivity index (χ4n) is 2.04. The number of hydrogen-bond acceptors (Lipinski definition) is 2. The van der Waals surface area contributed by atoms with Gasteiger partial charge < -0.3 is 10.4 Å². The second kappa shape index (κ2) is 5.22. The molecule has 0 aromatic carbocycles. The molecule has 0 radical (unpaired) electrons. The van der Waals surface area contributed by atoms with E-state index in [9.17, 15) is 4.79 Å². The first-order valence-corrected chi connectivity index (χ1v) is 5.13. The number of aliphatic carboxylic acids is 1. The van der Waals surface area contributed by atoms with Crippen LogP contribution in [0.1, 0.15) is 39.0 Å². The van der Waals surface area contributed by atoms with Crippen molar-refractivity contribution in [3.8, 4) is 0 Å². The molecule has 2 atom stereocenters. The predicted molar refractivity (Wildman–Crippen MR) is 51.7 cm³/mol. The Hall–Kier alpha value is -0.570. The van der Waals surface area contributed by atoms with Crippen molar-refractivity contribution in [2.24, 2.45) is 5.92 Å². The summed E-state index contributed by atoms with van der Waals surface area (Å²) in [6, 6.07) is 0.614. The van der Waals surface area contributed by atoms with Crippen LogP contribution in [0.2, 0.25) is 0 Å². The lowest BCUT2D eigenvalue weighted by Gasteiger charge is -2.27. The molecule has 2 N–H and O–H groups in total. The van der Waals surface area contributed by atoms with Crippen LogP contribution in [-0.4, -0.2) is 23.7 Å². The molecule has 3 heteroatoms. The average Bonchev–Trinajstić information content (AvgIpc) is 2.03. The van der Waals surface area contributed by atoms with E-state index in [2.05, 4.69) is 12.2 Å². The van der Waals surface area contributed by atoms with Crippen molar-refractivity contribution in [2.45, 2.75) is 45.1 Å². The quantitative estimate of drug-likeness (QED) is 0.700. The third kappa shape index (κ3) is 4.27. The Morgan fingerprint density at radius 1 is 1.62 bits per heavy atom. The zero-order valence-corrected chi connectivity index (χ0v) is 8.25. The predicted octanol–water partition coefficient (Wildman–Crippen LogP) is 1.63. The van der Waals surface area contributed by atoms with Gasteiger partial charge in [-0.15, -0.1) is 0 Å². The standard InChI is InChI=1S/C10H19NO2/c1-8-7-9(5-6-11-8)3-2-4-10(12)13/h8-9,11H,2-7H2,1H3,(H,12,13). The molecule has 0 saturated carbocycles. The van der Waals surface area contributed by atoms with Gasteiger partial charge in [-0.25, -0.2) is 0 Å². The number of carboxylic acids is 1. The van der Waals surface area contributed by atoms with Gasteiger partial charge in [0.25, 0.3) is 0 Å². The van der Waals surface area contributed by atoms with E-state index in [0.717, 1.165) is 25.3 Å². The number of nitrogens with one attached hydrogen (secondary N) is 1. The van der Waals surface area contributed by atoms with Crippen LogP contribution in [0.3, 0.4) is 0 Å². The first-order valence-electron chi connectivity index (χ1n) is 5.13. The van der Waals surface area contributed by atoms with E-state index in [0.29, 0.717) is 12.5 Å². The van der Waals surface area contributed by atoms with Gasteiger partial charge in [0.2, 0.25) is 0 Å². The van der Waals surface area contributed by atoms with Gasteiger partial charge >= 0.3 is 5.97 Å². The molecule has 1 fully saturated rings. The molecule has 0 bridgehead atoms. The minimum Gasteiger partial charge on any atom is -0.481 e. The zero-order valence-electron chi connectivity index (χ0n) is 8.25. The van der Waals surface area contributed by atoms with Gasteiger partial charge in [0, 0.05) is 12.5 Å². The molecule has 2 unspecified atom stereocenters. The molecule has 1 aliphatic heterocycles. The number of rotatable bonds is 4. The van der Waals surface area contributed by atoms with Crippen molar-refractivity contribution in [1.29, 1.82) is 0 Å². The lowest BCUT2D eigenvalue weighted by molar-refractivity contribution is -0.137. The van der Waals surface area contributed by atoms with E-state index in [1.807, 2.05) is 0 Å². The minimum absolute atomic E-state index is 0.332. The van der Waals surface area contributed by atoms with Crippen molar-refractivity contribution in [3.63, 3.8) is 0 Å². The summed E-state index contributed by atoms with van der Waals surface area (Å²) in [6.07, 6.45) is 4.67. The largest absolute Gasteiger partial charge is 0.481 e. The number of carboxylic acid groups (broad SMARTS) is 1. The molecule has 0 spiro atoms. The van der Waals surface area contributed by atoms with Crippen LogP contribution in [0.5, 0.6) is 0 Å². The normalized spacial score (nSPS) is 28.7. The van der Waals surface area contributed by atoms with Crippen LogP contribution in [0.4, 0.5) is 0 Å². The maximum Gasteiger partial charge on any atom is 0.303 e. The molecular weight excluding hydrogens is 166 g/mol. The van der Waals surface area contributed by atoms with Gasteiger partial charge in [-0.3, -0.25) is 4.79 Å². The van der Waals surface area contributed by atoms with E-state index in [-0.39, 0.29) is 0 Å². The van der Waals surface area contributed by atoms with E-state index in [1.54, 1.807) is 0 Å². The molecular formula is C10H19NO2. The molecule has 13 heavy (non-hydrogen) atoms. The van der Waals surface area contributed by atoms with Crippen molar-refractivity contribution >= 4 is 5.97 Å². The van der Waals surface area contributed by atoms with E-state index >= 15 is 0 Å². The summed E-state index contributed by atoms with van der Waals surface area (Å²) in [7, 11) is 0.